The van der Waals surface area contributed by atoms with E-state index in [1.54, 1.807) is 16.7 Å². The van der Waals surface area contributed by atoms with Crippen LogP contribution in [-0.4, -0.2) is 14.5 Å². The lowest BCUT2D eigenvalue weighted by Gasteiger charge is -2.11. The van der Waals surface area contributed by atoms with Gasteiger partial charge in [0.1, 0.15) is 16.8 Å². The average molecular weight is 653 g/mol. The molecule has 0 saturated heterocycles. The molecule has 0 unspecified atom stereocenters. The molecule has 0 radical (unpaired) electrons. The summed E-state index contributed by atoms with van der Waals surface area (Å²) in [4.78, 5) is 9.30. The second-order valence-corrected chi connectivity index (χ2v) is 11.8. The molecule has 0 fully saturated rings. The SMILES string of the molecule is [2H]c1c([2H])c([2H])c(-c2nc(-c3c([2H])c([2H])c([2H])c([2H])c3[2H])c3oc4c(-c5ccc6c(c5)c5cccc7c5c5c6cccc5n7-c5c([2H])c([2H])c([2H])c([2H])c5[2H])cccc4c3n2)c([2H])c1[2H]. The molecule has 0 N–H and O–H groups in total. The molecule has 0 aliphatic heterocycles. The predicted molar refractivity (Wildman–Crippen MR) is 206 cm³/mol. The van der Waals surface area contributed by atoms with Gasteiger partial charge in [0.05, 0.1) is 31.6 Å². The van der Waals surface area contributed by atoms with Gasteiger partial charge < -0.3 is 8.98 Å². The van der Waals surface area contributed by atoms with E-state index in [1.165, 1.54) is 0 Å². The van der Waals surface area contributed by atoms with E-state index in [9.17, 15) is 0 Å². The van der Waals surface area contributed by atoms with Gasteiger partial charge in [0.2, 0.25) is 0 Å². The van der Waals surface area contributed by atoms with Crippen LogP contribution in [0.25, 0.3) is 105 Å². The summed E-state index contributed by atoms with van der Waals surface area (Å²) in [6.45, 7) is 0. The molecule has 0 aliphatic carbocycles. The van der Waals surface area contributed by atoms with E-state index in [2.05, 4.69) is 4.98 Å². The van der Waals surface area contributed by atoms with Crippen LogP contribution in [-0.2, 0) is 0 Å². The van der Waals surface area contributed by atoms with Crippen molar-refractivity contribution in [1.82, 2.24) is 14.5 Å². The fourth-order valence-electron chi connectivity index (χ4n) is 7.23. The minimum absolute atomic E-state index is 0.0364. The Morgan fingerprint density at radius 2 is 1.12 bits per heavy atom. The van der Waals surface area contributed by atoms with Crippen LogP contribution >= 0.6 is 0 Å². The van der Waals surface area contributed by atoms with Crippen LogP contribution < -0.4 is 0 Å². The molecule has 11 rings (SSSR count). The van der Waals surface area contributed by atoms with Crippen molar-refractivity contribution < 1.29 is 25.0 Å². The minimum Gasteiger partial charge on any atom is -0.451 e. The fraction of sp³-hybridized carbons (Fsp3) is 0. The number of hydrogen-bond donors (Lipinski definition) is 0. The van der Waals surface area contributed by atoms with Crippen LogP contribution in [0, 0.1) is 0 Å². The number of nitrogens with zero attached hydrogens (tertiary/aromatic N) is 3. The molecule has 50 heavy (non-hydrogen) atoms. The Labute approximate surface area is 307 Å². The number of furan rings is 1. The van der Waals surface area contributed by atoms with Gasteiger partial charge in [-0.05, 0) is 63.5 Å². The standard InChI is InChI=1S/C46H27N3O/c1-4-13-28(14-5-1)42-45-43(48-46(47-42)29-15-6-2-7-16-29)36-22-10-19-32(44(36)50-45)30-25-26-33-34-20-11-23-38-40(34)41-35(37(33)27-30)21-12-24-39(41)49(38)31-17-8-3-9-18-31/h1-27H/i1D,2D,3D,4D,5D,6D,7D,8D,9D,13D,14D,15D,16D,17D,18D. The summed E-state index contributed by atoms with van der Waals surface area (Å²) in [7, 11) is 0. The van der Waals surface area contributed by atoms with Gasteiger partial charge in [-0.3, -0.25) is 0 Å². The Bertz CT molecular complexity index is 3890. The zero-order valence-electron chi connectivity index (χ0n) is 40.7. The van der Waals surface area contributed by atoms with Crippen LogP contribution in [0.5, 0.6) is 0 Å². The minimum atomic E-state index is -0.638. The van der Waals surface area contributed by atoms with E-state index in [1.807, 2.05) is 60.7 Å². The summed E-state index contributed by atoms with van der Waals surface area (Å²) in [6, 6.07) is 14.4. The van der Waals surface area contributed by atoms with Crippen LogP contribution in [0.3, 0.4) is 0 Å². The maximum absolute atomic E-state index is 8.86. The van der Waals surface area contributed by atoms with Gasteiger partial charge in [-0.15, -0.1) is 0 Å². The van der Waals surface area contributed by atoms with Crippen molar-refractivity contribution in [2.24, 2.45) is 0 Å². The summed E-state index contributed by atoms with van der Waals surface area (Å²) in [5.41, 5.74) is 2.03. The predicted octanol–water partition coefficient (Wildman–Crippen LogP) is 12.2. The smallest absolute Gasteiger partial charge is 0.180 e. The Balaban J connectivity index is 1.21. The number of aromatic nitrogens is 3. The molecule has 232 valence electrons. The largest absolute Gasteiger partial charge is 0.451 e. The maximum Gasteiger partial charge on any atom is 0.180 e. The highest BCUT2D eigenvalue weighted by atomic mass is 16.3. The summed E-state index contributed by atoms with van der Waals surface area (Å²) in [5.74, 6) is -0.341. The van der Waals surface area contributed by atoms with E-state index in [-0.39, 0.29) is 57.1 Å². The molecule has 8 aromatic carbocycles. The third kappa shape index (κ3) is 3.81. The van der Waals surface area contributed by atoms with E-state index in [4.69, 9.17) is 30.0 Å². The summed E-state index contributed by atoms with van der Waals surface area (Å²) >= 11 is 0. The number of rotatable bonds is 4. The van der Waals surface area contributed by atoms with Crippen molar-refractivity contribution in [2.45, 2.75) is 0 Å². The molecule has 4 heteroatoms. The Kier molecular flexibility index (Phi) is 3.43. The Morgan fingerprint density at radius 1 is 0.500 bits per heavy atom. The summed E-state index contributed by atoms with van der Waals surface area (Å²) < 4.78 is 136. The van der Waals surface area contributed by atoms with Crippen LogP contribution in [0.1, 0.15) is 20.6 Å². The third-order valence-electron chi connectivity index (χ3n) is 9.24. The lowest BCUT2D eigenvalue weighted by Crippen LogP contribution is -1.93. The summed E-state index contributed by atoms with van der Waals surface area (Å²) in [5, 5.41) is 5.52. The number of fused-ring (bicyclic) bond motifs is 6. The van der Waals surface area contributed by atoms with Crippen molar-refractivity contribution >= 4 is 65.4 Å². The Hall–Kier alpha value is -6.78. The monoisotopic (exact) mass is 652 g/mol. The zero-order valence-corrected chi connectivity index (χ0v) is 25.7. The van der Waals surface area contributed by atoms with Gasteiger partial charge in [0.15, 0.2) is 11.4 Å². The van der Waals surface area contributed by atoms with Crippen molar-refractivity contribution in [1.29, 1.82) is 0 Å². The van der Waals surface area contributed by atoms with Gasteiger partial charge in [-0.25, -0.2) is 9.97 Å². The highest BCUT2D eigenvalue weighted by Gasteiger charge is 2.22. The lowest BCUT2D eigenvalue weighted by atomic mass is 9.92. The molecule has 11 aromatic rings. The van der Waals surface area contributed by atoms with Crippen LogP contribution in [0.4, 0.5) is 0 Å². The molecule has 0 bridgehead atoms. The second kappa shape index (κ2) is 10.4. The highest BCUT2D eigenvalue weighted by molar-refractivity contribution is 6.34. The third-order valence-corrected chi connectivity index (χ3v) is 9.24. The molecule has 3 aromatic heterocycles. The van der Waals surface area contributed by atoms with Gasteiger partial charge in [0, 0.05) is 38.5 Å². The van der Waals surface area contributed by atoms with Crippen molar-refractivity contribution in [2.75, 3.05) is 0 Å². The molecule has 0 aliphatic rings. The lowest BCUT2D eigenvalue weighted by molar-refractivity contribution is 0.668. The molecule has 0 atom stereocenters. The van der Waals surface area contributed by atoms with E-state index >= 15 is 0 Å². The van der Waals surface area contributed by atoms with E-state index in [0.29, 0.717) is 27.5 Å². The zero-order chi connectivity index (χ0) is 45.8. The normalized spacial score (nSPS) is 16.2. The Morgan fingerprint density at radius 3 is 1.84 bits per heavy atom. The molecule has 0 saturated carbocycles. The van der Waals surface area contributed by atoms with Crippen LogP contribution in [0.15, 0.2) is 168 Å². The number of para-hydroxylation sites is 2. The average Bonchev–Trinajstić information content (AvgIpc) is 3.86. The van der Waals surface area contributed by atoms with Crippen molar-refractivity contribution in [3.8, 4) is 39.5 Å². The van der Waals surface area contributed by atoms with Gasteiger partial charge in [-0.2, -0.15) is 0 Å². The van der Waals surface area contributed by atoms with Crippen molar-refractivity contribution in [3.05, 3.63) is 163 Å². The molecule has 3 heterocycles. The highest BCUT2D eigenvalue weighted by Crippen LogP contribution is 2.45. The number of benzene rings is 8. The summed E-state index contributed by atoms with van der Waals surface area (Å²) in [6.07, 6.45) is 0. The second-order valence-electron chi connectivity index (χ2n) is 11.8. The first-order valence-corrected chi connectivity index (χ1v) is 15.7. The quantitative estimate of drug-likeness (QED) is 0.178. The topological polar surface area (TPSA) is 43.9 Å². The first-order valence-electron chi connectivity index (χ1n) is 23.2. The molecular formula is C46H27N3O. The van der Waals surface area contributed by atoms with Crippen molar-refractivity contribution in [3.63, 3.8) is 0 Å². The molecular weight excluding hydrogens is 611 g/mol. The fourth-order valence-corrected chi connectivity index (χ4v) is 7.23. The van der Waals surface area contributed by atoms with Gasteiger partial charge >= 0.3 is 0 Å². The number of hydrogen-bond acceptors (Lipinski definition) is 3. The van der Waals surface area contributed by atoms with Crippen LogP contribution in [0.2, 0.25) is 0 Å². The van der Waals surface area contributed by atoms with Gasteiger partial charge in [0.25, 0.3) is 0 Å². The first kappa shape index (κ1) is 16.6. The molecule has 4 nitrogen and oxygen atoms in total. The molecule has 0 spiro atoms. The van der Waals surface area contributed by atoms with E-state index in [0.717, 1.165) is 32.3 Å². The maximum atomic E-state index is 8.86. The van der Waals surface area contributed by atoms with E-state index < -0.39 is 78.6 Å². The molecule has 0 amide bonds. The van der Waals surface area contributed by atoms with Gasteiger partial charge in [-0.1, -0.05) is 127 Å². The first-order chi connectivity index (χ1) is 31.0.